The van der Waals surface area contributed by atoms with Gasteiger partial charge in [-0.15, -0.1) is 11.6 Å². The molecule has 90 valence electrons. The molecule has 1 rings (SSSR count). The summed E-state index contributed by atoms with van der Waals surface area (Å²) in [5, 5.41) is 0. The zero-order valence-corrected chi connectivity index (χ0v) is 10.8. The first-order chi connectivity index (χ1) is 7.56. The molecule has 1 aromatic carbocycles. The molecule has 0 aliphatic rings. The van der Waals surface area contributed by atoms with Gasteiger partial charge in [-0.1, -0.05) is 6.07 Å². The maximum Gasteiger partial charge on any atom is 0.129 e. The molecule has 1 aromatic rings. The van der Waals surface area contributed by atoms with Gasteiger partial charge in [0.15, 0.2) is 0 Å². The Kier molecular flexibility index (Phi) is 5.03. The fraction of sp³-hybridized carbons (Fsp3) is 0.500. The van der Waals surface area contributed by atoms with Crippen LogP contribution >= 0.6 is 11.6 Å². The summed E-state index contributed by atoms with van der Waals surface area (Å²) >= 11 is 5.77. The Bertz CT molecular complexity index is 342. The van der Waals surface area contributed by atoms with E-state index in [-0.39, 0.29) is 11.7 Å². The lowest BCUT2D eigenvalue weighted by molar-refractivity contribution is 0.416. The molecule has 0 aromatic heterocycles. The molecule has 0 aliphatic heterocycles. The summed E-state index contributed by atoms with van der Waals surface area (Å²) in [5.41, 5.74) is 1.45. The van der Waals surface area contributed by atoms with E-state index in [1.54, 1.807) is 6.07 Å². The highest BCUT2D eigenvalue weighted by atomic mass is 35.5. The van der Waals surface area contributed by atoms with Gasteiger partial charge in [-0.3, -0.25) is 0 Å². The Morgan fingerprint density at radius 3 is 2.44 bits per heavy atom. The van der Waals surface area contributed by atoms with Gasteiger partial charge in [0.1, 0.15) is 5.82 Å². The van der Waals surface area contributed by atoms with Gasteiger partial charge >= 0.3 is 0 Å². The molecule has 0 fully saturated rings. The highest BCUT2D eigenvalue weighted by molar-refractivity contribution is 6.17. The van der Waals surface area contributed by atoms with Crippen LogP contribution in [0.1, 0.15) is 5.56 Å². The zero-order valence-electron chi connectivity index (χ0n) is 10.0. The highest BCUT2D eigenvalue weighted by Crippen LogP contribution is 2.23. The molecular weight excluding hydrogens is 227 g/mol. The normalized spacial score (nSPS) is 10.9. The molecule has 16 heavy (non-hydrogen) atoms. The van der Waals surface area contributed by atoms with Crippen molar-refractivity contribution in [2.24, 2.45) is 0 Å². The third-order valence-electron chi connectivity index (χ3n) is 2.52. The Hall–Kier alpha value is -0.800. The number of rotatable bonds is 5. The molecule has 0 aliphatic carbocycles. The average molecular weight is 245 g/mol. The third kappa shape index (κ3) is 3.35. The topological polar surface area (TPSA) is 6.48 Å². The molecule has 4 heteroatoms. The summed E-state index contributed by atoms with van der Waals surface area (Å²) in [7, 11) is 5.98. The second-order valence-corrected chi connectivity index (χ2v) is 4.36. The van der Waals surface area contributed by atoms with E-state index in [1.807, 2.05) is 32.1 Å². The van der Waals surface area contributed by atoms with E-state index >= 15 is 0 Å². The van der Waals surface area contributed by atoms with Crippen LogP contribution in [0.2, 0.25) is 0 Å². The van der Waals surface area contributed by atoms with Gasteiger partial charge in [0.05, 0.1) is 5.88 Å². The van der Waals surface area contributed by atoms with Gasteiger partial charge in [0.2, 0.25) is 0 Å². The quantitative estimate of drug-likeness (QED) is 0.735. The summed E-state index contributed by atoms with van der Waals surface area (Å²) in [6.07, 6.45) is 0. The van der Waals surface area contributed by atoms with Crippen LogP contribution in [0.5, 0.6) is 0 Å². The lowest BCUT2D eigenvalue weighted by atomic mass is 10.1. The summed E-state index contributed by atoms with van der Waals surface area (Å²) in [6.45, 7) is 1.77. The van der Waals surface area contributed by atoms with E-state index in [0.29, 0.717) is 5.56 Å². The third-order valence-corrected chi connectivity index (χ3v) is 2.79. The summed E-state index contributed by atoms with van der Waals surface area (Å²) in [5.74, 6) is -0.0295. The number of halogens is 2. The van der Waals surface area contributed by atoms with Crippen molar-refractivity contribution in [2.45, 2.75) is 5.88 Å². The minimum atomic E-state index is -0.232. The van der Waals surface area contributed by atoms with Crippen molar-refractivity contribution in [1.29, 1.82) is 0 Å². The summed E-state index contributed by atoms with van der Waals surface area (Å²) in [6, 6.07) is 5.06. The number of benzene rings is 1. The first-order valence-corrected chi connectivity index (χ1v) is 5.79. The molecule has 0 unspecified atom stereocenters. The predicted octanol–water partition coefficient (Wildman–Crippen LogP) is 2.56. The molecule has 0 radical (unpaired) electrons. The van der Waals surface area contributed by atoms with Gasteiger partial charge in [0, 0.05) is 31.4 Å². The molecular formula is C12H18ClFN2. The van der Waals surface area contributed by atoms with Gasteiger partial charge in [-0.05, 0) is 26.2 Å². The Labute approximate surface area is 102 Å². The van der Waals surface area contributed by atoms with Crippen LogP contribution in [0.4, 0.5) is 10.1 Å². The highest BCUT2D eigenvalue weighted by Gasteiger charge is 2.10. The standard InChI is InChI=1S/C12H18ClFN2/c1-15(2)7-8-16(3)12-6-4-5-11(14)10(12)9-13/h4-6H,7-9H2,1-3H3. The fourth-order valence-electron chi connectivity index (χ4n) is 1.51. The van der Waals surface area contributed by atoms with E-state index in [0.717, 1.165) is 18.8 Å². The minimum absolute atomic E-state index is 0.203. The average Bonchev–Trinajstić information content (AvgIpc) is 2.25. The minimum Gasteiger partial charge on any atom is -0.373 e. The largest absolute Gasteiger partial charge is 0.373 e. The number of likely N-dealkylation sites (N-methyl/N-ethyl adjacent to an activating group) is 2. The van der Waals surface area contributed by atoms with Crippen molar-refractivity contribution in [1.82, 2.24) is 4.90 Å². The number of anilines is 1. The smallest absolute Gasteiger partial charge is 0.129 e. The second-order valence-electron chi connectivity index (χ2n) is 4.10. The molecule has 0 saturated carbocycles. The molecule has 0 bridgehead atoms. The molecule has 0 atom stereocenters. The molecule has 0 amide bonds. The fourth-order valence-corrected chi connectivity index (χ4v) is 1.77. The maximum atomic E-state index is 13.5. The van der Waals surface area contributed by atoms with E-state index in [9.17, 15) is 4.39 Å². The van der Waals surface area contributed by atoms with Crippen LogP contribution in [0.15, 0.2) is 18.2 Å². The zero-order chi connectivity index (χ0) is 12.1. The molecule has 0 heterocycles. The van der Waals surface area contributed by atoms with Crippen LogP contribution in [0.3, 0.4) is 0 Å². The lowest BCUT2D eigenvalue weighted by Crippen LogP contribution is -2.29. The van der Waals surface area contributed by atoms with Crippen LogP contribution < -0.4 is 4.90 Å². The first kappa shape index (κ1) is 13.3. The van der Waals surface area contributed by atoms with E-state index in [4.69, 9.17) is 11.6 Å². The number of hydrogen-bond donors (Lipinski definition) is 0. The van der Waals surface area contributed by atoms with Gasteiger partial charge < -0.3 is 9.80 Å². The Morgan fingerprint density at radius 2 is 1.88 bits per heavy atom. The van der Waals surface area contributed by atoms with Crippen LogP contribution in [-0.2, 0) is 5.88 Å². The van der Waals surface area contributed by atoms with Crippen LogP contribution in [0, 0.1) is 5.82 Å². The van der Waals surface area contributed by atoms with Gasteiger partial charge in [-0.25, -0.2) is 4.39 Å². The van der Waals surface area contributed by atoms with E-state index < -0.39 is 0 Å². The molecule has 2 nitrogen and oxygen atoms in total. The van der Waals surface area contributed by atoms with Crippen molar-refractivity contribution < 1.29 is 4.39 Å². The van der Waals surface area contributed by atoms with Crippen molar-refractivity contribution in [3.05, 3.63) is 29.6 Å². The molecule has 0 saturated heterocycles. The molecule has 0 spiro atoms. The molecule has 0 N–H and O–H groups in total. The maximum absolute atomic E-state index is 13.5. The number of hydrogen-bond acceptors (Lipinski definition) is 2. The second kappa shape index (κ2) is 6.06. The summed E-state index contributed by atoms with van der Waals surface area (Å²) < 4.78 is 13.5. The number of nitrogens with zero attached hydrogens (tertiary/aromatic N) is 2. The Balaban J connectivity index is 2.82. The van der Waals surface area contributed by atoms with Crippen LogP contribution in [0.25, 0.3) is 0 Å². The summed E-state index contributed by atoms with van der Waals surface area (Å²) in [4.78, 5) is 4.12. The SMILES string of the molecule is CN(C)CCN(C)c1cccc(F)c1CCl. The van der Waals surface area contributed by atoms with Crippen molar-refractivity contribution in [2.75, 3.05) is 39.1 Å². The Morgan fingerprint density at radius 1 is 1.19 bits per heavy atom. The lowest BCUT2D eigenvalue weighted by Gasteiger charge is -2.23. The van der Waals surface area contributed by atoms with Crippen molar-refractivity contribution in [3.63, 3.8) is 0 Å². The van der Waals surface area contributed by atoms with E-state index in [2.05, 4.69) is 4.90 Å². The number of alkyl halides is 1. The van der Waals surface area contributed by atoms with Gasteiger partial charge in [-0.2, -0.15) is 0 Å². The first-order valence-electron chi connectivity index (χ1n) is 5.25. The van der Waals surface area contributed by atoms with Gasteiger partial charge in [0.25, 0.3) is 0 Å². The monoisotopic (exact) mass is 244 g/mol. The van der Waals surface area contributed by atoms with E-state index in [1.165, 1.54) is 6.07 Å². The predicted molar refractivity (Wildman–Crippen MR) is 67.8 cm³/mol. The van der Waals surface area contributed by atoms with Crippen molar-refractivity contribution in [3.8, 4) is 0 Å². The van der Waals surface area contributed by atoms with Crippen LogP contribution in [-0.4, -0.2) is 39.1 Å². The van der Waals surface area contributed by atoms with Crippen molar-refractivity contribution >= 4 is 17.3 Å².